The molecule has 1 aromatic heterocycles. The molecule has 0 aliphatic rings. The van der Waals surface area contributed by atoms with Crippen molar-refractivity contribution in [2.24, 2.45) is 0 Å². The fourth-order valence-corrected chi connectivity index (χ4v) is 2.86. The molecule has 0 aliphatic heterocycles. The van der Waals surface area contributed by atoms with Crippen LogP contribution in [0.3, 0.4) is 0 Å². The summed E-state index contributed by atoms with van der Waals surface area (Å²) < 4.78 is 4.37. The molecule has 20 heavy (non-hydrogen) atoms. The Morgan fingerprint density at radius 2 is 2.05 bits per heavy atom. The summed E-state index contributed by atoms with van der Waals surface area (Å²) in [4.78, 5) is 23.3. The summed E-state index contributed by atoms with van der Waals surface area (Å²) in [7, 11) is 0. The van der Waals surface area contributed by atoms with E-state index in [1.807, 2.05) is 0 Å². The summed E-state index contributed by atoms with van der Waals surface area (Å²) in [5.74, 6) is -1.72. The molecule has 0 aliphatic carbocycles. The van der Waals surface area contributed by atoms with Crippen LogP contribution in [0.5, 0.6) is 0 Å². The first-order valence-electron chi connectivity index (χ1n) is 5.05. The molecule has 0 fully saturated rings. The zero-order valence-electron chi connectivity index (χ0n) is 9.49. The maximum absolute atomic E-state index is 12.0. The highest BCUT2D eigenvalue weighted by Gasteiger charge is 2.19. The van der Waals surface area contributed by atoms with Gasteiger partial charge in [-0.2, -0.15) is 4.37 Å². The fourth-order valence-electron chi connectivity index (χ4n) is 1.39. The third kappa shape index (κ3) is 3.12. The second kappa shape index (κ2) is 6.09. The first-order valence-corrected chi connectivity index (χ1v) is 7.37. The van der Waals surface area contributed by atoms with Gasteiger partial charge in [-0.15, -0.1) is 0 Å². The number of nitrogens with one attached hydrogen (secondary N) is 1. The van der Waals surface area contributed by atoms with Crippen LogP contribution in [-0.4, -0.2) is 21.4 Å². The number of carboxylic acid groups (broad SMARTS) is 1. The molecule has 2 N–H and O–H groups in total. The van der Waals surface area contributed by atoms with Crippen molar-refractivity contribution in [3.8, 4) is 0 Å². The van der Waals surface area contributed by atoms with E-state index in [0.29, 0.717) is 4.47 Å². The van der Waals surface area contributed by atoms with E-state index in [2.05, 4.69) is 25.6 Å². The lowest BCUT2D eigenvalue weighted by Gasteiger charge is -2.08. The van der Waals surface area contributed by atoms with E-state index in [-0.39, 0.29) is 26.3 Å². The summed E-state index contributed by atoms with van der Waals surface area (Å²) in [6.07, 6.45) is 0. The summed E-state index contributed by atoms with van der Waals surface area (Å²) >= 11 is 15.5. The van der Waals surface area contributed by atoms with Crippen molar-refractivity contribution < 1.29 is 14.7 Å². The molecule has 9 heteroatoms. The van der Waals surface area contributed by atoms with Gasteiger partial charge in [0.1, 0.15) is 9.90 Å². The number of aromatic carboxylic acids is 1. The Bertz CT molecular complexity index is 705. The van der Waals surface area contributed by atoms with Crippen molar-refractivity contribution in [2.45, 2.75) is 0 Å². The van der Waals surface area contributed by atoms with E-state index in [0.717, 1.165) is 11.5 Å². The first kappa shape index (κ1) is 15.2. The maximum Gasteiger partial charge on any atom is 0.337 e. The van der Waals surface area contributed by atoms with Gasteiger partial charge in [-0.3, -0.25) is 4.79 Å². The zero-order valence-corrected chi connectivity index (χ0v) is 13.4. The molecule has 0 atom stereocenters. The van der Waals surface area contributed by atoms with Crippen molar-refractivity contribution in [2.75, 3.05) is 5.32 Å². The Balaban J connectivity index is 2.35. The van der Waals surface area contributed by atoms with Crippen LogP contribution in [0.2, 0.25) is 10.2 Å². The summed E-state index contributed by atoms with van der Waals surface area (Å²) in [6, 6.07) is 4.43. The van der Waals surface area contributed by atoms with Crippen LogP contribution < -0.4 is 5.32 Å². The first-order chi connectivity index (χ1) is 9.40. The van der Waals surface area contributed by atoms with Gasteiger partial charge in [-0.25, -0.2) is 4.79 Å². The predicted octanol–water partition coefficient (Wildman–Crippen LogP) is 4.16. The number of carboxylic acids is 1. The van der Waals surface area contributed by atoms with Crippen LogP contribution in [0.25, 0.3) is 0 Å². The van der Waals surface area contributed by atoms with E-state index >= 15 is 0 Å². The van der Waals surface area contributed by atoms with Gasteiger partial charge in [0.2, 0.25) is 0 Å². The Kier molecular flexibility index (Phi) is 4.64. The molecule has 1 amide bonds. The molecule has 1 aromatic carbocycles. The van der Waals surface area contributed by atoms with Gasteiger partial charge in [0.25, 0.3) is 5.91 Å². The molecule has 0 saturated heterocycles. The molecular formula is C11H5BrCl2N2O3S. The number of amides is 1. The van der Waals surface area contributed by atoms with Gasteiger partial charge in [-0.1, -0.05) is 39.1 Å². The van der Waals surface area contributed by atoms with Gasteiger partial charge in [0.15, 0.2) is 5.15 Å². The lowest BCUT2D eigenvalue weighted by atomic mass is 10.2. The van der Waals surface area contributed by atoms with Crippen LogP contribution in [0, 0.1) is 0 Å². The molecule has 0 bridgehead atoms. The number of halogens is 3. The number of hydrogen-bond acceptors (Lipinski definition) is 4. The number of nitrogens with zero attached hydrogens (tertiary/aromatic N) is 1. The Morgan fingerprint density at radius 3 is 2.60 bits per heavy atom. The number of hydrogen-bond donors (Lipinski definition) is 2. The molecule has 104 valence electrons. The molecule has 1 heterocycles. The van der Waals surface area contributed by atoms with Gasteiger partial charge in [0.05, 0.1) is 11.3 Å². The van der Waals surface area contributed by atoms with Gasteiger partial charge in [0, 0.05) is 4.47 Å². The van der Waals surface area contributed by atoms with E-state index in [1.165, 1.54) is 12.1 Å². The average molecular weight is 396 g/mol. The molecular weight excluding hydrogens is 391 g/mol. The van der Waals surface area contributed by atoms with Crippen molar-refractivity contribution >= 4 is 68.2 Å². The minimum absolute atomic E-state index is 0.0340. The number of carbonyl (C=O) groups excluding carboxylic acids is 1. The molecule has 2 aromatic rings. The van der Waals surface area contributed by atoms with Crippen LogP contribution in [-0.2, 0) is 0 Å². The number of carbonyl (C=O) groups is 2. The number of benzene rings is 1. The number of rotatable bonds is 3. The van der Waals surface area contributed by atoms with Crippen molar-refractivity contribution in [1.82, 2.24) is 4.37 Å². The third-order valence-electron chi connectivity index (χ3n) is 2.26. The van der Waals surface area contributed by atoms with E-state index < -0.39 is 11.9 Å². The Labute approximate surface area is 135 Å². The smallest absolute Gasteiger partial charge is 0.337 e. The highest BCUT2D eigenvalue weighted by molar-refractivity contribution is 9.10. The highest BCUT2D eigenvalue weighted by Crippen LogP contribution is 2.30. The van der Waals surface area contributed by atoms with Crippen molar-refractivity contribution in [1.29, 1.82) is 0 Å². The molecule has 2 rings (SSSR count). The Hall–Kier alpha value is -1.15. The standard InChI is InChI=1S/C11H5BrCl2N2O3S/c12-4-1-2-5(11(18)19)6(3-4)15-10(17)8-7(13)9(14)16-20-8/h1-3H,(H,15,17)(H,18,19). The van der Waals surface area contributed by atoms with Gasteiger partial charge in [-0.05, 0) is 29.7 Å². The Morgan fingerprint density at radius 1 is 1.35 bits per heavy atom. The van der Waals surface area contributed by atoms with Crippen molar-refractivity contribution in [3.05, 3.63) is 43.3 Å². The van der Waals surface area contributed by atoms with Crippen molar-refractivity contribution in [3.63, 3.8) is 0 Å². The molecule has 0 radical (unpaired) electrons. The van der Waals surface area contributed by atoms with Gasteiger partial charge >= 0.3 is 5.97 Å². The quantitative estimate of drug-likeness (QED) is 0.817. The summed E-state index contributed by atoms with van der Waals surface area (Å²) in [5.41, 5.74) is 0.116. The van der Waals surface area contributed by atoms with Crippen LogP contribution in [0.1, 0.15) is 20.0 Å². The fraction of sp³-hybridized carbons (Fsp3) is 0. The van der Waals surface area contributed by atoms with E-state index in [4.69, 9.17) is 28.3 Å². The normalized spacial score (nSPS) is 10.3. The molecule has 0 unspecified atom stereocenters. The molecule has 5 nitrogen and oxygen atoms in total. The van der Waals surface area contributed by atoms with E-state index in [9.17, 15) is 9.59 Å². The van der Waals surface area contributed by atoms with Gasteiger partial charge < -0.3 is 10.4 Å². The number of aromatic nitrogens is 1. The monoisotopic (exact) mass is 394 g/mol. The van der Waals surface area contributed by atoms with E-state index in [1.54, 1.807) is 6.07 Å². The average Bonchev–Trinajstić information content (AvgIpc) is 2.69. The molecule has 0 saturated carbocycles. The highest BCUT2D eigenvalue weighted by atomic mass is 79.9. The second-order valence-electron chi connectivity index (χ2n) is 3.57. The lowest BCUT2D eigenvalue weighted by molar-refractivity contribution is 0.0698. The topological polar surface area (TPSA) is 79.3 Å². The zero-order chi connectivity index (χ0) is 14.9. The van der Waals surface area contributed by atoms with Crippen LogP contribution in [0.15, 0.2) is 22.7 Å². The second-order valence-corrected chi connectivity index (χ2v) is 5.99. The number of anilines is 1. The minimum atomic E-state index is -1.15. The lowest BCUT2D eigenvalue weighted by Crippen LogP contribution is -2.14. The largest absolute Gasteiger partial charge is 0.478 e. The minimum Gasteiger partial charge on any atom is -0.478 e. The summed E-state index contributed by atoms with van der Waals surface area (Å²) in [5, 5.41) is 11.6. The SMILES string of the molecule is O=C(O)c1ccc(Br)cc1NC(=O)c1snc(Cl)c1Cl. The third-order valence-corrected chi connectivity index (χ3v) is 4.55. The van der Waals surface area contributed by atoms with Crippen LogP contribution >= 0.6 is 50.7 Å². The maximum atomic E-state index is 12.0. The summed E-state index contributed by atoms with van der Waals surface area (Å²) in [6.45, 7) is 0. The van der Waals surface area contributed by atoms with Crippen LogP contribution in [0.4, 0.5) is 5.69 Å². The molecule has 0 spiro atoms. The predicted molar refractivity (Wildman–Crippen MR) is 81.2 cm³/mol.